The molecule has 0 saturated heterocycles. The summed E-state index contributed by atoms with van der Waals surface area (Å²) >= 11 is 0. The van der Waals surface area contributed by atoms with Gasteiger partial charge in [0, 0.05) is 10.6 Å². The molecule has 1 amide bonds. The van der Waals surface area contributed by atoms with Crippen LogP contribution in [0.5, 0.6) is 5.75 Å². The summed E-state index contributed by atoms with van der Waals surface area (Å²) in [5, 5.41) is 25.1. The van der Waals surface area contributed by atoms with Crippen LogP contribution >= 0.6 is 0 Å². The lowest BCUT2D eigenvalue weighted by atomic mass is 10.1. The van der Waals surface area contributed by atoms with E-state index in [-0.39, 0.29) is 23.5 Å². The number of benzene rings is 2. The SMILES string of the molecule is C[C@](O)(COc1ccc(F)cc1)C(=O)Nc1ccc(C#N)c(N=[N+]=[N-])c1. The summed E-state index contributed by atoms with van der Waals surface area (Å²) in [7, 11) is 0. The second kappa shape index (κ2) is 7.98. The van der Waals surface area contributed by atoms with E-state index in [1.807, 2.05) is 6.07 Å². The van der Waals surface area contributed by atoms with Gasteiger partial charge in [0.25, 0.3) is 5.91 Å². The van der Waals surface area contributed by atoms with Crippen molar-refractivity contribution in [1.82, 2.24) is 0 Å². The number of ether oxygens (including phenoxy) is 1. The molecule has 0 fully saturated rings. The van der Waals surface area contributed by atoms with E-state index < -0.39 is 17.3 Å². The fourth-order valence-electron chi connectivity index (χ4n) is 1.92. The van der Waals surface area contributed by atoms with Crippen molar-refractivity contribution in [2.24, 2.45) is 5.11 Å². The summed E-state index contributed by atoms with van der Waals surface area (Å²) in [6.45, 7) is 0.883. The molecule has 2 rings (SSSR count). The summed E-state index contributed by atoms with van der Waals surface area (Å²) in [4.78, 5) is 14.9. The number of azide groups is 1. The average molecular weight is 355 g/mol. The van der Waals surface area contributed by atoms with E-state index in [0.717, 1.165) is 0 Å². The normalized spacial score (nSPS) is 12.2. The highest BCUT2D eigenvalue weighted by molar-refractivity contribution is 5.97. The number of carbonyl (C=O) groups excluding carboxylic acids is 1. The maximum atomic E-state index is 12.9. The van der Waals surface area contributed by atoms with Gasteiger partial charge in [0.05, 0.1) is 17.3 Å². The molecule has 26 heavy (non-hydrogen) atoms. The first kappa shape index (κ1) is 18.7. The highest BCUT2D eigenvalue weighted by Crippen LogP contribution is 2.24. The predicted molar refractivity (Wildman–Crippen MR) is 91.1 cm³/mol. The number of rotatable bonds is 6. The van der Waals surface area contributed by atoms with Crippen LogP contribution in [-0.2, 0) is 4.79 Å². The van der Waals surface area contributed by atoms with Gasteiger partial charge in [0.15, 0.2) is 5.60 Å². The van der Waals surface area contributed by atoms with Crippen LogP contribution in [0.2, 0.25) is 0 Å². The number of nitrogens with zero attached hydrogens (tertiary/aromatic N) is 4. The maximum Gasteiger partial charge on any atom is 0.259 e. The highest BCUT2D eigenvalue weighted by Gasteiger charge is 2.31. The molecule has 0 saturated carbocycles. The molecule has 2 aromatic carbocycles. The van der Waals surface area contributed by atoms with E-state index >= 15 is 0 Å². The molecule has 0 heterocycles. The van der Waals surface area contributed by atoms with Crippen LogP contribution in [0.1, 0.15) is 12.5 Å². The van der Waals surface area contributed by atoms with Gasteiger partial charge in [-0.05, 0) is 54.9 Å². The smallest absolute Gasteiger partial charge is 0.259 e. The van der Waals surface area contributed by atoms with E-state index in [1.54, 1.807) is 0 Å². The molecule has 132 valence electrons. The molecule has 0 radical (unpaired) electrons. The number of anilines is 1. The first-order valence-electron chi connectivity index (χ1n) is 7.37. The van der Waals surface area contributed by atoms with Gasteiger partial charge in [-0.2, -0.15) is 5.26 Å². The molecule has 2 N–H and O–H groups in total. The standard InChI is InChI=1S/C17H14FN5O3/c1-17(25,10-26-14-6-3-12(18)4-7-14)16(24)21-13-5-2-11(9-19)15(8-13)22-23-20/h2-8,25H,10H2,1H3,(H,21,24)/t17-/m0/s1. The molecular weight excluding hydrogens is 341 g/mol. The first-order valence-corrected chi connectivity index (χ1v) is 7.37. The Morgan fingerprint density at radius 1 is 1.42 bits per heavy atom. The number of hydrogen-bond acceptors (Lipinski definition) is 5. The summed E-state index contributed by atoms with van der Waals surface area (Å²) in [5.41, 5.74) is 7.06. The van der Waals surface area contributed by atoms with E-state index in [1.165, 1.54) is 49.4 Å². The monoisotopic (exact) mass is 355 g/mol. The van der Waals surface area contributed by atoms with Crippen molar-refractivity contribution < 1.29 is 19.0 Å². The third kappa shape index (κ3) is 4.70. The highest BCUT2D eigenvalue weighted by atomic mass is 19.1. The number of nitriles is 1. The number of hydrogen-bond donors (Lipinski definition) is 2. The van der Waals surface area contributed by atoms with Gasteiger partial charge >= 0.3 is 0 Å². The first-order chi connectivity index (χ1) is 12.4. The molecule has 0 spiro atoms. The Kier molecular flexibility index (Phi) is 5.75. The van der Waals surface area contributed by atoms with Crippen LogP contribution in [0.3, 0.4) is 0 Å². The fourth-order valence-corrected chi connectivity index (χ4v) is 1.92. The third-order valence-electron chi connectivity index (χ3n) is 3.35. The summed E-state index contributed by atoms with van der Waals surface area (Å²) < 4.78 is 18.2. The fraction of sp³-hybridized carbons (Fsp3) is 0.176. The van der Waals surface area contributed by atoms with E-state index in [9.17, 15) is 14.3 Å². The number of carbonyl (C=O) groups is 1. The molecule has 2 aromatic rings. The lowest BCUT2D eigenvalue weighted by molar-refractivity contribution is -0.135. The lowest BCUT2D eigenvalue weighted by Crippen LogP contribution is -2.45. The lowest BCUT2D eigenvalue weighted by Gasteiger charge is -2.22. The largest absolute Gasteiger partial charge is 0.490 e. The second-order valence-corrected chi connectivity index (χ2v) is 5.50. The third-order valence-corrected chi connectivity index (χ3v) is 3.35. The van der Waals surface area contributed by atoms with Gasteiger partial charge in [-0.3, -0.25) is 4.79 Å². The van der Waals surface area contributed by atoms with Gasteiger partial charge < -0.3 is 15.2 Å². The molecule has 0 unspecified atom stereocenters. The number of nitrogens with one attached hydrogen (secondary N) is 1. The van der Waals surface area contributed by atoms with Crippen molar-refractivity contribution in [3.05, 3.63) is 64.3 Å². The number of aliphatic hydroxyl groups is 1. The quantitative estimate of drug-likeness (QED) is 0.467. The summed E-state index contributed by atoms with van der Waals surface area (Å²) in [6.07, 6.45) is 0. The van der Waals surface area contributed by atoms with Crippen LogP contribution in [0.25, 0.3) is 10.4 Å². The van der Waals surface area contributed by atoms with Crippen molar-refractivity contribution in [2.75, 3.05) is 11.9 Å². The van der Waals surface area contributed by atoms with E-state index in [2.05, 4.69) is 15.3 Å². The number of halogens is 1. The van der Waals surface area contributed by atoms with Crippen molar-refractivity contribution in [3.8, 4) is 11.8 Å². The average Bonchev–Trinajstić information content (AvgIpc) is 2.62. The molecule has 0 aliphatic rings. The Bertz CT molecular complexity index is 900. The molecule has 1 atom stereocenters. The Labute approximate surface area is 148 Å². The molecule has 9 heteroatoms. The van der Waals surface area contributed by atoms with Crippen molar-refractivity contribution in [2.45, 2.75) is 12.5 Å². The molecule has 0 bridgehead atoms. The van der Waals surface area contributed by atoms with Crippen molar-refractivity contribution in [1.29, 1.82) is 5.26 Å². The Balaban J connectivity index is 2.07. The minimum Gasteiger partial charge on any atom is -0.490 e. The van der Waals surface area contributed by atoms with Crippen LogP contribution in [0, 0.1) is 17.1 Å². The Morgan fingerprint density at radius 3 is 2.73 bits per heavy atom. The molecular formula is C17H14FN5O3. The van der Waals surface area contributed by atoms with Crippen molar-refractivity contribution in [3.63, 3.8) is 0 Å². The second-order valence-electron chi connectivity index (χ2n) is 5.50. The predicted octanol–water partition coefficient (Wildman–Crippen LogP) is 3.41. The molecule has 8 nitrogen and oxygen atoms in total. The Morgan fingerprint density at radius 2 is 2.12 bits per heavy atom. The maximum absolute atomic E-state index is 12.9. The zero-order valence-corrected chi connectivity index (χ0v) is 13.7. The van der Waals surface area contributed by atoms with Gasteiger partial charge in [0.1, 0.15) is 18.2 Å². The molecule has 0 aliphatic carbocycles. The number of amides is 1. The van der Waals surface area contributed by atoms with Gasteiger partial charge in [-0.15, -0.1) is 0 Å². The van der Waals surface area contributed by atoms with Gasteiger partial charge in [0.2, 0.25) is 0 Å². The van der Waals surface area contributed by atoms with E-state index in [4.69, 9.17) is 15.5 Å². The summed E-state index contributed by atoms with van der Waals surface area (Å²) in [6, 6.07) is 11.1. The van der Waals surface area contributed by atoms with Crippen LogP contribution in [-0.4, -0.2) is 23.2 Å². The van der Waals surface area contributed by atoms with Crippen LogP contribution in [0.4, 0.5) is 15.8 Å². The molecule has 0 aromatic heterocycles. The zero-order chi connectivity index (χ0) is 19.2. The van der Waals surface area contributed by atoms with E-state index in [0.29, 0.717) is 5.75 Å². The summed E-state index contributed by atoms with van der Waals surface area (Å²) in [5.74, 6) is -0.904. The van der Waals surface area contributed by atoms with Crippen molar-refractivity contribution >= 4 is 17.3 Å². The van der Waals surface area contributed by atoms with Crippen LogP contribution in [0.15, 0.2) is 47.6 Å². The molecule has 0 aliphatic heterocycles. The van der Waals surface area contributed by atoms with Gasteiger partial charge in [-0.1, -0.05) is 5.11 Å². The Hall–Kier alpha value is -3.60. The zero-order valence-electron chi connectivity index (χ0n) is 13.7. The minimum absolute atomic E-state index is 0.0509. The minimum atomic E-state index is -1.89. The van der Waals surface area contributed by atoms with Gasteiger partial charge in [-0.25, -0.2) is 4.39 Å². The topological polar surface area (TPSA) is 131 Å². The van der Waals surface area contributed by atoms with Crippen LogP contribution < -0.4 is 10.1 Å².